The molecule has 36 heavy (non-hydrogen) atoms. The van der Waals surface area contributed by atoms with E-state index in [2.05, 4.69) is 25.9 Å². The van der Waals surface area contributed by atoms with E-state index in [0.717, 1.165) is 24.3 Å². The van der Waals surface area contributed by atoms with Gasteiger partial charge in [0.25, 0.3) is 11.8 Å². The zero-order valence-corrected chi connectivity index (χ0v) is 20.3. The van der Waals surface area contributed by atoms with Gasteiger partial charge in [0.2, 0.25) is 5.96 Å². The second kappa shape index (κ2) is 11.5. The number of carbonyl (C=O) groups is 2. The summed E-state index contributed by atoms with van der Waals surface area (Å²) in [6.07, 6.45) is 4.10. The maximum Gasteiger partial charge on any atom is 0.280 e. The summed E-state index contributed by atoms with van der Waals surface area (Å²) in [5.41, 5.74) is 0.128. The quantitative estimate of drug-likeness (QED) is 0.311. The van der Waals surface area contributed by atoms with Gasteiger partial charge in [-0.25, -0.2) is 23.1 Å². The number of aromatic nitrogens is 1. The van der Waals surface area contributed by atoms with Crippen LogP contribution >= 0.6 is 22.9 Å². The molecule has 0 aliphatic heterocycles. The van der Waals surface area contributed by atoms with E-state index in [0.29, 0.717) is 30.7 Å². The Bertz CT molecular complexity index is 1260. The lowest BCUT2D eigenvalue weighted by Crippen LogP contribution is -2.40. The number of nitrogens with zero attached hydrogens (tertiary/aromatic N) is 2. The standard InChI is InChI=1S/C24H21ClF3N5O2S/c25-14-10-15(26)12-18(11-14)32-24(33-21(34)13-1-6-19(27)20(28)9-13)31-17-4-2-16(3-5-17)30-22(35)23-29-7-8-36-23/h1,6-12,16-17H,2-5H2,(H,30,35)(H2,31,32,33,34). The average molecular weight is 536 g/mol. The van der Waals surface area contributed by atoms with Gasteiger partial charge >= 0.3 is 0 Å². The smallest absolute Gasteiger partial charge is 0.280 e. The van der Waals surface area contributed by atoms with Crippen LogP contribution in [0.4, 0.5) is 18.9 Å². The molecule has 3 N–H and O–H groups in total. The molecule has 0 saturated heterocycles. The molecule has 1 fully saturated rings. The first-order chi connectivity index (χ1) is 17.3. The molecule has 188 valence electrons. The minimum absolute atomic E-state index is 0.00155. The van der Waals surface area contributed by atoms with E-state index < -0.39 is 23.4 Å². The van der Waals surface area contributed by atoms with Gasteiger partial charge in [-0.2, -0.15) is 0 Å². The molecule has 1 aliphatic rings. The third-order valence-corrected chi connectivity index (χ3v) is 6.50. The molecule has 0 atom stereocenters. The van der Waals surface area contributed by atoms with E-state index in [1.54, 1.807) is 11.6 Å². The van der Waals surface area contributed by atoms with Gasteiger partial charge in [-0.3, -0.25) is 14.9 Å². The molecular formula is C24H21ClF3N5O2S. The van der Waals surface area contributed by atoms with Crippen molar-refractivity contribution in [3.8, 4) is 0 Å². The minimum Gasteiger partial charge on any atom is -0.347 e. The molecule has 7 nitrogen and oxygen atoms in total. The van der Waals surface area contributed by atoms with E-state index in [9.17, 15) is 22.8 Å². The Morgan fingerprint density at radius 3 is 2.44 bits per heavy atom. The van der Waals surface area contributed by atoms with Crippen molar-refractivity contribution in [2.24, 2.45) is 4.99 Å². The molecule has 1 aromatic heterocycles. The van der Waals surface area contributed by atoms with Crippen molar-refractivity contribution >= 4 is 46.4 Å². The first kappa shape index (κ1) is 25.6. The third kappa shape index (κ3) is 6.82. The van der Waals surface area contributed by atoms with Crippen LogP contribution in [0, 0.1) is 17.5 Å². The lowest BCUT2D eigenvalue weighted by Gasteiger charge is -2.27. The zero-order valence-electron chi connectivity index (χ0n) is 18.7. The third-order valence-electron chi connectivity index (χ3n) is 5.51. The summed E-state index contributed by atoms with van der Waals surface area (Å²) >= 11 is 7.19. The number of benzene rings is 2. The maximum atomic E-state index is 13.8. The van der Waals surface area contributed by atoms with Gasteiger partial charge in [0.05, 0.1) is 6.04 Å². The second-order valence-electron chi connectivity index (χ2n) is 8.16. The zero-order chi connectivity index (χ0) is 25.7. The summed E-state index contributed by atoms with van der Waals surface area (Å²) in [7, 11) is 0. The first-order valence-corrected chi connectivity index (χ1v) is 12.3. The minimum atomic E-state index is -1.16. The van der Waals surface area contributed by atoms with Gasteiger partial charge in [-0.05, 0) is 62.1 Å². The number of halogens is 4. The predicted molar refractivity (Wildman–Crippen MR) is 132 cm³/mol. The van der Waals surface area contributed by atoms with Crippen molar-refractivity contribution in [1.82, 2.24) is 15.6 Å². The van der Waals surface area contributed by atoms with Crippen molar-refractivity contribution in [1.29, 1.82) is 0 Å². The van der Waals surface area contributed by atoms with Crippen LogP contribution in [0.25, 0.3) is 0 Å². The molecule has 0 bridgehead atoms. The fourth-order valence-corrected chi connectivity index (χ4v) is 4.55. The Kier molecular flexibility index (Phi) is 8.21. The number of aliphatic imine (C=N–C) groups is 1. The number of hydrogen-bond acceptors (Lipinski definition) is 5. The Hall–Kier alpha value is -3.44. The monoisotopic (exact) mass is 535 g/mol. The van der Waals surface area contributed by atoms with Crippen LogP contribution in [0.15, 0.2) is 53.0 Å². The number of nitrogens with one attached hydrogen (secondary N) is 3. The molecule has 4 rings (SSSR count). The van der Waals surface area contributed by atoms with Gasteiger partial charge in [0.1, 0.15) is 5.82 Å². The number of carbonyl (C=O) groups excluding carboxylic acids is 2. The molecule has 1 saturated carbocycles. The number of anilines is 1. The van der Waals surface area contributed by atoms with Gasteiger partial charge < -0.3 is 10.6 Å². The molecule has 3 aromatic rings. The molecular weight excluding hydrogens is 515 g/mol. The summed E-state index contributed by atoms with van der Waals surface area (Å²) in [5.74, 6) is -3.78. The first-order valence-electron chi connectivity index (χ1n) is 11.0. The van der Waals surface area contributed by atoms with Crippen LogP contribution < -0.4 is 16.0 Å². The van der Waals surface area contributed by atoms with Crippen LogP contribution in [0.2, 0.25) is 5.02 Å². The Balaban J connectivity index is 1.46. The van der Waals surface area contributed by atoms with Crippen LogP contribution in [0.1, 0.15) is 45.8 Å². The van der Waals surface area contributed by atoms with Gasteiger partial charge in [-0.1, -0.05) is 11.6 Å². The fourth-order valence-electron chi connectivity index (χ4n) is 3.79. The number of hydrogen-bond donors (Lipinski definition) is 3. The molecule has 2 aromatic carbocycles. The van der Waals surface area contributed by atoms with Crippen molar-refractivity contribution in [3.05, 3.63) is 81.0 Å². The normalized spacial score (nSPS) is 17.9. The summed E-state index contributed by atoms with van der Waals surface area (Å²) in [6, 6.07) is 6.27. The van der Waals surface area contributed by atoms with Gasteiger partial charge in [0, 0.05) is 33.9 Å². The lowest BCUT2D eigenvalue weighted by molar-refractivity contribution is 0.0923. The number of guanidine groups is 1. The van der Waals surface area contributed by atoms with Crippen LogP contribution in [-0.4, -0.2) is 34.8 Å². The van der Waals surface area contributed by atoms with Crippen LogP contribution in [-0.2, 0) is 0 Å². The Labute approximate surface area is 213 Å². The van der Waals surface area contributed by atoms with E-state index in [1.807, 2.05) is 0 Å². The summed E-state index contributed by atoms with van der Waals surface area (Å²) in [5, 5.41) is 10.6. The molecule has 0 spiro atoms. The topological polar surface area (TPSA) is 95.5 Å². The fraction of sp³-hybridized carbons (Fsp3) is 0.250. The van der Waals surface area contributed by atoms with Crippen molar-refractivity contribution in [2.45, 2.75) is 37.8 Å². The highest BCUT2D eigenvalue weighted by Crippen LogP contribution is 2.23. The van der Waals surface area contributed by atoms with E-state index in [4.69, 9.17) is 11.6 Å². The predicted octanol–water partition coefficient (Wildman–Crippen LogP) is 5.15. The van der Waals surface area contributed by atoms with Gasteiger partial charge in [-0.15, -0.1) is 11.3 Å². The highest BCUT2D eigenvalue weighted by atomic mass is 35.5. The van der Waals surface area contributed by atoms with Crippen LogP contribution in [0.5, 0.6) is 0 Å². The van der Waals surface area contributed by atoms with Crippen LogP contribution in [0.3, 0.4) is 0 Å². The lowest BCUT2D eigenvalue weighted by atomic mass is 9.91. The van der Waals surface area contributed by atoms with Crippen molar-refractivity contribution < 1.29 is 22.8 Å². The average Bonchev–Trinajstić information content (AvgIpc) is 3.36. The summed E-state index contributed by atoms with van der Waals surface area (Å²) in [6.45, 7) is 0. The Morgan fingerprint density at radius 1 is 1.00 bits per heavy atom. The van der Waals surface area contributed by atoms with Crippen molar-refractivity contribution in [3.63, 3.8) is 0 Å². The number of amides is 2. The highest BCUT2D eigenvalue weighted by Gasteiger charge is 2.24. The molecule has 1 aliphatic carbocycles. The Morgan fingerprint density at radius 2 is 1.78 bits per heavy atom. The number of rotatable bonds is 5. The molecule has 0 radical (unpaired) electrons. The SMILES string of the molecule is O=C(NC(=NC1CCC(NC(=O)c2nccs2)CC1)Nc1cc(F)cc(Cl)c1)c1ccc(F)c(F)c1. The highest BCUT2D eigenvalue weighted by molar-refractivity contribution is 7.11. The van der Waals surface area contributed by atoms with E-state index in [-0.39, 0.29) is 40.2 Å². The van der Waals surface area contributed by atoms with Gasteiger partial charge in [0.15, 0.2) is 16.6 Å². The molecule has 1 heterocycles. The largest absolute Gasteiger partial charge is 0.347 e. The second-order valence-corrected chi connectivity index (χ2v) is 9.49. The van der Waals surface area contributed by atoms with Crippen molar-refractivity contribution in [2.75, 3.05) is 5.32 Å². The number of thiazole rings is 1. The summed E-state index contributed by atoms with van der Waals surface area (Å²) in [4.78, 5) is 33.5. The van der Waals surface area contributed by atoms with E-state index in [1.165, 1.54) is 23.5 Å². The summed E-state index contributed by atoms with van der Waals surface area (Å²) < 4.78 is 40.7. The maximum absolute atomic E-state index is 13.8. The molecule has 0 unspecified atom stereocenters. The molecule has 2 amide bonds. The van der Waals surface area contributed by atoms with E-state index >= 15 is 0 Å². The molecule has 12 heteroatoms.